The summed E-state index contributed by atoms with van der Waals surface area (Å²) >= 11 is 5.84. The summed E-state index contributed by atoms with van der Waals surface area (Å²) in [7, 11) is -3.58. The first-order chi connectivity index (χ1) is 13.9. The van der Waals surface area contributed by atoms with E-state index in [0.29, 0.717) is 42.2 Å². The van der Waals surface area contributed by atoms with Crippen molar-refractivity contribution in [2.45, 2.75) is 17.7 Å². The van der Waals surface area contributed by atoms with Crippen molar-refractivity contribution in [3.63, 3.8) is 0 Å². The minimum atomic E-state index is -3.58. The van der Waals surface area contributed by atoms with E-state index in [1.165, 1.54) is 16.4 Å². The first-order valence-electron chi connectivity index (χ1n) is 9.21. The van der Waals surface area contributed by atoms with E-state index >= 15 is 0 Å². The normalized spacial score (nSPS) is 16.0. The van der Waals surface area contributed by atoms with Gasteiger partial charge in [0.25, 0.3) is 0 Å². The maximum Gasteiger partial charge on any atom is 0.243 e. The number of piperidine rings is 1. The number of hydrogen-bond donors (Lipinski definition) is 1. The Labute approximate surface area is 173 Å². The minimum absolute atomic E-state index is 0.114. The van der Waals surface area contributed by atoms with Crippen molar-refractivity contribution >= 4 is 44.3 Å². The molecule has 150 valence electrons. The number of amides is 1. The van der Waals surface area contributed by atoms with E-state index < -0.39 is 10.0 Å². The Bertz CT molecular complexity index is 1140. The third-order valence-electron chi connectivity index (χ3n) is 5.01. The van der Waals surface area contributed by atoms with E-state index in [9.17, 15) is 13.2 Å². The summed E-state index contributed by atoms with van der Waals surface area (Å²) < 4.78 is 26.9. The summed E-state index contributed by atoms with van der Waals surface area (Å²) in [4.78, 5) is 21.3. The Morgan fingerprint density at radius 2 is 1.66 bits per heavy atom. The fraction of sp³-hybridized carbons (Fsp3) is 0.250. The van der Waals surface area contributed by atoms with Gasteiger partial charge in [-0.05, 0) is 55.3 Å². The second kappa shape index (κ2) is 8.06. The third-order valence-corrected chi connectivity index (χ3v) is 7.18. The predicted molar refractivity (Wildman–Crippen MR) is 111 cm³/mol. The molecule has 0 unspecified atom stereocenters. The second-order valence-electron chi connectivity index (χ2n) is 6.88. The van der Waals surface area contributed by atoms with Crippen molar-refractivity contribution in [1.29, 1.82) is 0 Å². The van der Waals surface area contributed by atoms with Crippen LogP contribution < -0.4 is 5.32 Å². The number of carbonyl (C=O) groups is 1. The molecular weight excluding hydrogens is 412 g/mol. The van der Waals surface area contributed by atoms with Gasteiger partial charge in [0.15, 0.2) is 0 Å². The molecule has 0 spiro atoms. The van der Waals surface area contributed by atoms with E-state index in [-0.39, 0.29) is 16.7 Å². The molecule has 4 rings (SSSR count). The van der Waals surface area contributed by atoms with Crippen molar-refractivity contribution in [1.82, 2.24) is 14.3 Å². The van der Waals surface area contributed by atoms with Crippen LogP contribution in [0.5, 0.6) is 0 Å². The quantitative estimate of drug-likeness (QED) is 0.685. The number of nitrogens with one attached hydrogen (secondary N) is 1. The number of hydrogen-bond acceptors (Lipinski definition) is 5. The summed E-state index contributed by atoms with van der Waals surface area (Å²) in [6.07, 6.45) is 4.15. The van der Waals surface area contributed by atoms with E-state index in [1.807, 2.05) is 0 Å². The van der Waals surface area contributed by atoms with Crippen LogP contribution >= 0.6 is 11.6 Å². The van der Waals surface area contributed by atoms with Crippen molar-refractivity contribution in [3.05, 3.63) is 59.9 Å². The molecule has 1 aliphatic heterocycles. The highest BCUT2D eigenvalue weighted by molar-refractivity contribution is 7.89. The number of rotatable bonds is 4. The fourth-order valence-corrected chi connectivity index (χ4v) is 5.00. The van der Waals surface area contributed by atoms with Crippen molar-refractivity contribution in [2.24, 2.45) is 5.92 Å². The van der Waals surface area contributed by atoms with Gasteiger partial charge in [-0.25, -0.2) is 8.42 Å². The van der Waals surface area contributed by atoms with E-state index in [4.69, 9.17) is 11.6 Å². The average molecular weight is 431 g/mol. The lowest BCUT2D eigenvalue weighted by atomic mass is 9.97. The molecule has 0 saturated carbocycles. The minimum Gasteiger partial charge on any atom is -0.326 e. The molecule has 1 aromatic heterocycles. The SMILES string of the molecule is O=C(Nc1ccc2nccnc2c1)C1CCN(S(=O)(=O)c2ccc(Cl)cc2)CC1. The molecule has 2 aromatic carbocycles. The van der Waals surface area contributed by atoms with Gasteiger partial charge >= 0.3 is 0 Å². The van der Waals surface area contributed by atoms with Crippen LogP contribution in [0.4, 0.5) is 5.69 Å². The van der Waals surface area contributed by atoms with E-state index in [1.54, 1.807) is 42.7 Å². The van der Waals surface area contributed by atoms with Crippen LogP contribution in [0.25, 0.3) is 11.0 Å². The molecule has 1 aliphatic rings. The molecule has 0 radical (unpaired) electrons. The summed E-state index contributed by atoms with van der Waals surface area (Å²) in [6, 6.07) is 11.5. The molecule has 0 bridgehead atoms. The Kier molecular flexibility index (Phi) is 5.49. The highest BCUT2D eigenvalue weighted by Gasteiger charge is 2.32. The maximum absolute atomic E-state index is 12.8. The number of carbonyl (C=O) groups excluding carboxylic acids is 1. The Morgan fingerprint density at radius 1 is 1.00 bits per heavy atom. The predicted octanol–water partition coefficient (Wildman–Crippen LogP) is 3.32. The zero-order valence-corrected chi connectivity index (χ0v) is 17.0. The number of nitrogens with zero attached hydrogens (tertiary/aromatic N) is 3. The maximum atomic E-state index is 12.8. The Morgan fingerprint density at radius 3 is 2.34 bits per heavy atom. The standard InChI is InChI=1S/C20H19ClN4O3S/c21-15-1-4-17(5-2-15)29(27,28)25-11-7-14(8-12-25)20(26)24-16-3-6-18-19(13-16)23-10-9-22-18/h1-6,9-10,13-14H,7-8,11-12H2,(H,24,26). The third kappa shape index (κ3) is 4.24. The lowest BCUT2D eigenvalue weighted by Gasteiger charge is -2.30. The molecule has 3 aromatic rings. The summed E-state index contributed by atoms with van der Waals surface area (Å²) in [5, 5.41) is 3.39. The van der Waals surface area contributed by atoms with Gasteiger partial charge in [-0.1, -0.05) is 11.6 Å². The number of aromatic nitrogens is 2. The van der Waals surface area contributed by atoms with Gasteiger partial charge in [0.2, 0.25) is 15.9 Å². The van der Waals surface area contributed by atoms with Gasteiger partial charge in [0, 0.05) is 42.1 Å². The zero-order valence-electron chi connectivity index (χ0n) is 15.5. The number of fused-ring (bicyclic) bond motifs is 1. The average Bonchev–Trinajstić information content (AvgIpc) is 2.74. The van der Waals surface area contributed by atoms with Crippen LogP contribution in [0, 0.1) is 5.92 Å². The topological polar surface area (TPSA) is 92.3 Å². The monoisotopic (exact) mass is 430 g/mol. The van der Waals surface area contributed by atoms with E-state index in [2.05, 4.69) is 15.3 Å². The number of halogens is 1. The smallest absolute Gasteiger partial charge is 0.243 e. The Hall–Kier alpha value is -2.55. The second-order valence-corrected chi connectivity index (χ2v) is 9.26. The number of anilines is 1. The fourth-order valence-electron chi connectivity index (χ4n) is 3.40. The van der Waals surface area contributed by atoms with Crippen LogP contribution in [0.2, 0.25) is 5.02 Å². The molecule has 1 N–H and O–H groups in total. The molecular formula is C20H19ClN4O3S. The Balaban J connectivity index is 1.39. The molecule has 9 heteroatoms. The van der Waals surface area contributed by atoms with Gasteiger partial charge in [0.1, 0.15) is 0 Å². The molecule has 2 heterocycles. The molecule has 1 saturated heterocycles. The highest BCUT2D eigenvalue weighted by atomic mass is 35.5. The molecule has 0 aliphatic carbocycles. The molecule has 0 atom stereocenters. The van der Waals surface area contributed by atoms with Crippen LogP contribution in [0.1, 0.15) is 12.8 Å². The van der Waals surface area contributed by atoms with Crippen molar-refractivity contribution in [2.75, 3.05) is 18.4 Å². The first kappa shape index (κ1) is 19.8. The van der Waals surface area contributed by atoms with E-state index in [0.717, 1.165) is 5.52 Å². The zero-order chi connectivity index (χ0) is 20.4. The van der Waals surface area contributed by atoms with Crippen LogP contribution in [0.15, 0.2) is 59.8 Å². The summed E-state index contributed by atoms with van der Waals surface area (Å²) in [5.41, 5.74) is 2.11. The van der Waals surface area contributed by atoms with Crippen LogP contribution in [-0.4, -0.2) is 41.7 Å². The number of sulfonamides is 1. The highest BCUT2D eigenvalue weighted by Crippen LogP contribution is 2.26. The molecule has 7 nitrogen and oxygen atoms in total. The van der Waals surface area contributed by atoms with Crippen molar-refractivity contribution < 1.29 is 13.2 Å². The van der Waals surface area contributed by atoms with Gasteiger partial charge in [-0.15, -0.1) is 0 Å². The molecule has 29 heavy (non-hydrogen) atoms. The first-order valence-corrected chi connectivity index (χ1v) is 11.0. The van der Waals surface area contributed by atoms with Gasteiger partial charge < -0.3 is 5.32 Å². The molecule has 1 amide bonds. The lowest BCUT2D eigenvalue weighted by molar-refractivity contribution is -0.120. The number of benzene rings is 2. The summed E-state index contributed by atoms with van der Waals surface area (Å²) in [6.45, 7) is 0.596. The lowest BCUT2D eigenvalue weighted by Crippen LogP contribution is -2.41. The van der Waals surface area contributed by atoms with Gasteiger partial charge in [-0.3, -0.25) is 14.8 Å². The van der Waals surface area contributed by atoms with Crippen molar-refractivity contribution in [3.8, 4) is 0 Å². The van der Waals surface area contributed by atoms with Crippen LogP contribution in [-0.2, 0) is 14.8 Å². The van der Waals surface area contributed by atoms with Crippen LogP contribution in [0.3, 0.4) is 0 Å². The van der Waals surface area contributed by atoms with Gasteiger partial charge in [0.05, 0.1) is 15.9 Å². The molecule has 1 fully saturated rings. The van der Waals surface area contributed by atoms with Gasteiger partial charge in [-0.2, -0.15) is 4.31 Å². The largest absolute Gasteiger partial charge is 0.326 e. The summed E-state index contributed by atoms with van der Waals surface area (Å²) in [5.74, 6) is -0.360.